The molecule has 0 spiro atoms. The highest BCUT2D eigenvalue weighted by atomic mass is 79.9. The fourth-order valence-electron chi connectivity index (χ4n) is 1.14. The molecule has 0 aliphatic carbocycles. The van der Waals surface area contributed by atoms with Gasteiger partial charge >= 0.3 is 0 Å². The summed E-state index contributed by atoms with van der Waals surface area (Å²) in [7, 11) is 0. The molecule has 0 aliphatic heterocycles. The lowest BCUT2D eigenvalue weighted by molar-refractivity contribution is 0.561. The highest BCUT2D eigenvalue weighted by Crippen LogP contribution is 2.28. The van der Waals surface area contributed by atoms with E-state index in [-0.39, 0.29) is 0 Å². The molecule has 3 nitrogen and oxygen atoms in total. The van der Waals surface area contributed by atoms with Crippen LogP contribution in [0.25, 0.3) is 11.1 Å². The van der Waals surface area contributed by atoms with E-state index in [4.69, 9.17) is 16.0 Å². The SMILES string of the molecule is Cc1nc2cc(Cl)c(NBr)cc2o1. The second-order valence-electron chi connectivity index (χ2n) is 2.63. The number of fused-ring (bicyclic) bond motifs is 1. The van der Waals surface area contributed by atoms with Crippen LogP contribution in [0.2, 0.25) is 5.02 Å². The maximum atomic E-state index is 5.94. The van der Waals surface area contributed by atoms with Crippen LogP contribution in [-0.2, 0) is 0 Å². The normalized spacial score (nSPS) is 10.7. The molecule has 1 N–H and O–H groups in total. The van der Waals surface area contributed by atoms with E-state index in [0.717, 1.165) is 16.8 Å². The van der Waals surface area contributed by atoms with E-state index < -0.39 is 0 Å². The fraction of sp³-hybridized carbons (Fsp3) is 0.125. The van der Waals surface area contributed by atoms with E-state index in [9.17, 15) is 0 Å². The van der Waals surface area contributed by atoms with E-state index in [1.165, 1.54) is 0 Å². The molecule has 68 valence electrons. The van der Waals surface area contributed by atoms with Crippen molar-refractivity contribution in [3.05, 3.63) is 23.0 Å². The van der Waals surface area contributed by atoms with Crippen LogP contribution in [0, 0.1) is 6.92 Å². The molecule has 1 aromatic carbocycles. The summed E-state index contributed by atoms with van der Waals surface area (Å²) in [6, 6.07) is 3.56. The molecule has 1 heterocycles. The minimum atomic E-state index is 0.609. The van der Waals surface area contributed by atoms with Gasteiger partial charge in [-0.05, 0) is 6.07 Å². The summed E-state index contributed by atoms with van der Waals surface area (Å²) < 4.78 is 8.12. The van der Waals surface area contributed by atoms with Crippen molar-refractivity contribution in [1.29, 1.82) is 0 Å². The van der Waals surface area contributed by atoms with Crippen molar-refractivity contribution in [2.75, 3.05) is 4.34 Å². The van der Waals surface area contributed by atoms with Gasteiger partial charge in [-0.3, -0.25) is 0 Å². The third-order valence-electron chi connectivity index (χ3n) is 1.69. The largest absolute Gasteiger partial charge is 0.441 e. The smallest absolute Gasteiger partial charge is 0.192 e. The first-order valence-corrected chi connectivity index (χ1v) is 4.81. The summed E-state index contributed by atoms with van der Waals surface area (Å²) in [6.45, 7) is 1.80. The molecule has 5 heteroatoms. The number of halogens is 2. The number of nitrogens with zero attached hydrogens (tertiary/aromatic N) is 1. The summed E-state index contributed by atoms with van der Waals surface area (Å²) in [6.07, 6.45) is 0. The Kier molecular flexibility index (Phi) is 2.17. The molecular formula is C8H6BrClN2O. The van der Waals surface area contributed by atoms with E-state index >= 15 is 0 Å². The number of hydrogen-bond donors (Lipinski definition) is 1. The quantitative estimate of drug-likeness (QED) is 0.798. The monoisotopic (exact) mass is 260 g/mol. The van der Waals surface area contributed by atoms with Crippen molar-refractivity contribution < 1.29 is 4.42 Å². The number of aryl methyl sites for hydroxylation is 1. The predicted octanol–water partition coefficient (Wildman–Crippen LogP) is 3.51. The highest BCUT2D eigenvalue weighted by molar-refractivity contribution is 9.10. The lowest BCUT2D eigenvalue weighted by atomic mass is 10.3. The van der Waals surface area contributed by atoms with Gasteiger partial charge in [-0.15, -0.1) is 0 Å². The Morgan fingerprint density at radius 2 is 2.31 bits per heavy atom. The van der Waals surface area contributed by atoms with E-state index in [1.807, 2.05) is 0 Å². The van der Waals surface area contributed by atoms with Crippen LogP contribution >= 0.6 is 27.7 Å². The van der Waals surface area contributed by atoms with E-state index in [1.54, 1.807) is 19.1 Å². The molecule has 1 aromatic heterocycles. The summed E-state index contributed by atoms with van der Waals surface area (Å²) in [4.78, 5) is 4.16. The first kappa shape index (κ1) is 8.84. The van der Waals surface area contributed by atoms with Crippen molar-refractivity contribution in [1.82, 2.24) is 4.98 Å². The van der Waals surface area contributed by atoms with Crippen molar-refractivity contribution in [3.63, 3.8) is 0 Å². The number of benzene rings is 1. The van der Waals surface area contributed by atoms with Crippen molar-refractivity contribution >= 4 is 44.5 Å². The third kappa shape index (κ3) is 1.51. The molecule has 0 aliphatic rings. The Morgan fingerprint density at radius 1 is 1.54 bits per heavy atom. The molecule has 13 heavy (non-hydrogen) atoms. The van der Waals surface area contributed by atoms with Crippen molar-refractivity contribution in [2.24, 2.45) is 0 Å². The zero-order chi connectivity index (χ0) is 9.42. The maximum Gasteiger partial charge on any atom is 0.192 e. The molecule has 0 saturated heterocycles. The van der Waals surface area contributed by atoms with Crippen molar-refractivity contribution in [2.45, 2.75) is 6.92 Å². The van der Waals surface area contributed by atoms with Crippen LogP contribution in [0.3, 0.4) is 0 Å². The Bertz CT molecular complexity index is 455. The molecular weight excluding hydrogens is 255 g/mol. The summed E-state index contributed by atoms with van der Waals surface area (Å²) in [5, 5.41) is 0.609. The number of oxazole rings is 1. The Hall–Kier alpha value is -0.740. The zero-order valence-corrected chi connectivity index (χ0v) is 9.11. The van der Waals surface area contributed by atoms with E-state index in [0.29, 0.717) is 10.9 Å². The fourth-order valence-corrected chi connectivity index (χ4v) is 1.78. The highest BCUT2D eigenvalue weighted by Gasteiger charge is 2.06. The van der Waals surface area contributed by atoms with Gasteiger partial charge in [0.15, 0.2) is 11.5 Å². The van der Waals surface area contributed by atoms with Crippen LogP contribution in [0.4, 0.5) is 5.69 Å². The van der Waals surface area contributed by atoms with Gasteiger partial charge in [-0.2, -0.15) is 0 Å². The van der Waals surface area contributed by atoms with Gasteiger partial charge in [-0.25, -0.2) is 4.98 Å². The van der Waals surface area contributed by atoms with E-state index in [2.05, 4.69) is 25.5 Å². The molecule has 2 rings (SSSR count). The number of nitrogens with one attached hydrogen (secondary N) is 1. The van der Waals surface area contributed by atoms with Gasteiger partial charge in [0.2, 0.25) is 0 Å². The van der Waals surface area contributed by atoms with Crippen molar-refractivity contribution in [3.8, 4) is 0 Å². The minimum absolute atomic E-state index is 0.609. The topological polar surface area (TPSA) is 38.1 Å². The molecule has 0 saturated carbocycles. The van der Waals surface area contributed by atoms with Crippen LogP contribution in [0.1, 0.15) is 5.89 Å². The zero-order valence-electron chi connectivity index (χ0n) is 6.77. The lowest BCUT2D eigenvalue weighted by Gasteiger charge is -1.99. The average Bonchev–Trinajstić information content (AvgIpc) is 2.42. The second kappa shape index (κ2) is 3.20. The summed E-state index contributed by atoms with van der Waals surface area (Å²) in [5.41, 5.74) is 2.27. The number of aromatic nitrogens is 1. The van der Waals surface area contributed by atoms with Crippen LogP contribution in [0.5, 0.6) is 0 Å². The molecule has 0 amide bonds. The number of anilines is 1. The van der Waals surface area contributed by atoms with Gasteiger partial charge < -0.3 is 8.76 Å². The Balaban J connectivity index is 2.72. The second-order valence-corrected chi connectivity index (χ2v) is 3.43. The Labute approximate surface area is 88.4 Å². The van der Waals surface area contributed by atoms with Gasteiger partial charge in [0.25, 0.3) is 0 Å². The van der Waals surface area contributed by atoms with Crippen LogP contribution < -0.4 is 4.34 Å². The first-order valence-electron chi connectivity index (χ1n) is 3.64. The molecule has 0 atom stereocenters. The maximum absolute atomic E-state index is 5.94. The van der Waals surface area contributed by atoms with Crippen LogP contribution in [-0.4, -0.2) is 4.98 Å². The number of rotatable bonds is 1. The molecule has 0 bridgehead atoms. The third-order valence-corrected chi connectivity index (χ3v) is 2.43. The summed E-state index contributed by atoms with van der Waals surface area (Å²) in [5.74, 6) is 0.637. The molecule has 2 aromatic rings. The molecule has 0 fully saturated rings. The summed E-state index contributed by atoms with van der Waals surface area (Å²) >= 11 is 9.04. The molecule has 0 radical (unpaired) electrons. The predicted molar refractivity (Wildman–Crippen MR) is 56.3 cm³/mol. The minimum Gasteiger partial charge on any atom is -0.441 e. The van der Waals surface area contributed by atoms with Gasteiger partial charge in [0, 0.05) is 29.1 Å². The van der Waals surface area contributed by atoms with Gasteiger partial charge in [0.05, 0.1) is 10.7 Å². The van der Waals surface area contributed by atoms with Crippen LogP contribution in [0.15, 0.2) is 16.5 Å². The number of hydrogen-bond acceptors (Lipinski definition) is 3. The Morgan fingerprint density at radius 3 is 3.00 bits per heavy atom. The van der Waals surface area contributed by atoms with Gasteiger partial charge in [0.1, 0.15) is 5.52 Å². The average molecular weight is 262 g/mol. The molecule has 0 unspecified atom stereocenters. The first-order chi connectivity index (χ1) is 6.20. The lowest BCUT2D eigenvalue weighted by Crippen LogP contribution is -1.80. The standard InChI is InChI=1S/C8H6BrClN2O/c1-4-11-7-2-5(10)6(12-9)3-8(7)13-4/h2-3,12H,1H3. The van der Waals surface area contributed by atoms with Gasteiger partial charge in [-0.1, -0.05) is 11.6 Å².